The minimum absolute atomic E-state index is 0.220. The molecule has 0 unspecified atom stereocenters. The van der Waals surface area contributed by atoms with E-state index in [9.17, 15) is 9.18 Å². The standard InChI is InChI=1S/C28H37FN4O2/c29-25-16-23(30)6-7-26(25)33-12-8-21(9-13-33)19-32-14-10-28(11-15-32)17-24(18-28)31-27(34)35-20-22-4-2-1-3-5-22/h1-7,16,21,24H,8-15,17-20,30H2,(H,31,34). The lowest BCUT2D eigenvalue weighted by Crippen LogP contribution is -2.55. The summed E-state index contributed by atoms with van der Waals surface area (Å²) in [6.45, 7) is 5.53. The van der Waals surface area contributed by atoms with Crippen molar-refractivity contribution in [1.29, 1.82) is 0 Å². The number of amides is 1. The van der Waals surface area contributed by atoms with Gasteiger partial charge < -0.3 is 25.6 Å². The molecule has 2 aromatic rings. The molecule has 0 aromatic heterocycles. The monoisotopic (exact) mass is 480 g/mol. The lowest BCUT2D eigenvalue weighted by Gasteiger charge is -2.52. The van der Waals surface area contributed by atoms with Crippen molar-refractivity contribution < 1.29 is 13.9 Å². The molecule has 2 heterocycles. The zero-order valence-corrected chi connectivity index (χ0v) is 20.4. The summed E-state index contributed by atoms with van der Waals surface area (Å²) in [4.78, 5) is 16.9. The molecule has 1 spiro atoms. The molecule has 0 bridgehead atoms. The Morgan fingerprint density at radius 2 is 1.77 bits per heavy atom. The molecule has 2 aromatic carbocycles. The van der Waals surface area contributed by atoms with Gasteiger partial charge in [0, 0.05) is 31.4 Å². The predicted octanol–water partition coefficient (Wildman–Crippen LogP) is 4.80. The molecule has 1 amide bonds. The second kappa shape index (κ2) is 10.4. The number of hydrogen-bond donors (Lipinski definition) is 2. The first kappa shape index (κ1) is 23.9. The summed E-state index contributed by atoms with van der Waals surface area (Å²) in [5.74, 6) is 0.454. The van der Waals surface area contributed by atoms with Crippen LogP contribution in [-0.4, -0.2) is 49.8 Å². The van der Waals surface area contributed by atoms with Crippen LogP contribution in [0.15, 0.2) is 48.5 Å². The van der Waals surface area contributed by atoms with Crippen LogP contribution in [0.3, 0.4) is 0 Å². The van der Waals surface area contributed by atoms with Gasteiger partial charge in [-0.15, -0.1) is 0 Å². The van der Waals surface area contributed by atoms with Crippen LogP contribution in [0.1, 0.15) is 44.1 Å². The van der Waals surface area contributed by atoms with Crippen LogP contribution in [0.25, 0.3) is 0 Å². The van der Waals surface area contributed by atoms with Crippen molar-refractivity contribution in [2.75, 3.05) is 43.4 Å². The maximum Gasteiger partial charge on any atom is 0.407 e. The molecule has 6 nitrogen and oxygen atoms in total. The average molecular weight is 481 g/mol. The number of alkyl carbamates (subject to hydrolysis) is 1. The van der Waals surface area contributed by atoms with Gasteiger partial charge >= 0.3 is 6.09 Å². The van der Waals surface area contributed by atoms with Gasteiger partial charge in [0.2, 0.25) is 0 Å². The number of carbonyl (C=O) groups is 1. The number of nitrogen functional groups attached to an aromatic ring is 1. The minimum atomic E-state index is -0.309. The third-order valence-corrected chi connectivity index (χ3v) is 8.25. The third-order valence-electron chi connectivity index (χ3n) is 8.25. The van der Waals surface area contributed by atoms with Gasteiger partial charge in [0.1, 0.15) is 12.4 Å². The number of benzene rings is 2. The van der Waals surface area contributed by atoms with E-state index >= 15 is 0 Å². The van der Waals surface area contributed by atoms with Crippen LogP contribution in [0.5, 0.6) is 0 Å². The summed E-state index contributed by atoms with van der Waals surface area (Å²) in [5, 5.41) is 3.05. The molecule has 1 aliphatic carbocycles. The Morgan fingerprint density at radius 3 is 2.46 bits per heavy atom. The first-order valence-electron chi connectivity index (χ1n) is 13.0. The molecule has 188 valence electrons. The summed E-state index contributed by atoms with van der Waals surface area (Å²) < 4.78 is 19.6. The highest BCUT2D eigenvalue weighted by atomic mass is 19.1. The van der Waals surface area contributed by atoms with E-state index in [-0.39, 0.29) is 18.0 Å². The van der Waals surface area contributed by atoms with E-state index in [1.54, 1.807) is 12.1 Å². The largest absolute Gasteiger partial charge is 0.445 e. The molecule has 0 radical (unpaired) electrons. The minimum Gasteiger partial charge on any atom is -0.445 e. The number of halogens is 1. The van der Waals surface area contributed by atoms with Crippen molar-refractivity contribution in [1.82, 2.24) is 10.2 Å². The molecule has 1 saturated carbocycles. The quantitative estimate of drug-likeness (QED) is 0.582. The van der Waals surface area contributed by atoms with Crippen molar-refractivity contribution in [3.05, 3.63) is 59.9 Å². The lowest BCUT2D eigenvalue weighted by molar-refractivity contribution is 0.000390. The Balaban J connectivity index is 0.987. The van der Waals surface area contributed by atoms with Crippen molar-refractivity contribution >= 4 is 17.5 Å². The predicted molar refractivity (Wildman–Crippen MR) is 137 cm³/mol. The number of ether oxygens (including phenoxy) is 1. The molecule has 0 atom stereocenters. The summed E-state index contributed by atoms with van der Waals surface area (Å²) in [6, 6.07) is 15.0. The lowest BCUT2D eigenvalue weighted by atomic mass is 9.60. The SMILES string of the molecule is Nc1ccc(N2CCC(CN3CCC4(CC3)CC(NC(=O)OCc3ccccc3)C4)CC2)c(F)c1. The molecule has 5 rings (SSSR count). The highest BCUT2D eigenvalue weighted by Crippen LogP contribution is 2.49. The van der Waals surface area contributed by atoms with E-state index in [1.165, 1.54) is 18.9 Å². The summed E-state index contributed by atoms with van der Waals surface area (Å²) in [7, 11) is 0. The number of anilines is 2. The molecule has 2 saturated heterocycles. The van der Waals surface area contributed by atoms with Crippen LogP contribution in [-0.2, 0) is 11.3 Å². The van der Waals surface area contributed by atoms with E-state index in [0.29, 0.717) is 29.3 Å². The number of carbonyl (C=O) groups excluding carboxylic acids is 1. The Morgan fingerprint density at radius 1 is 1.06 bits per heavy atom. The van der Waals surface area contributed by atoms with E-state index in [0.717, 1.165) is 64.0 Å². The maximum atomic E-state index is 14.3. The van der Waals surface area contributed by atoms with Crippen molar-refractivity contribution in [3.63, 3.8) is 0 Å². The molecular weight excluding hydrogens is 443 g/mol. The Hall–Kier alpha value is -2.80. The number of hydrogen-bond acceptors (Lipinski definition) is 5. The zero-order valence-electron chi connectivity index (χ0n) is 20.4. The number of likely N-dealkylation sites (tertiary alicyclic amines) is 1. The zero-order chi connectivity index (χ0) is 24.3. The molecule has 35 heavy (non-hydrogen) atoms. The number of piperidine rings is 2. The molecule has 3 aliphatic rings. The Labute approximate surface area is 207 Å². The van der Waals surface area contributed by atoms with Gasteiger partial charge in [-0.1, -0.05) is 30.3 Å². The van der Waals surface area contributed by atoms with Gasteiger partial charge in [-0.2, -0.15) is 0 Å². The normalized spacial score (nSPS) is 21.0. The fourth-order valence-corrected chi connectivity index (χ4v) is 6.14. The molecule has 3 fully saturated rings. The second-order valence-electron chi connectivity index (χ2n) is 10.8. The molecule has 2 aliphatic heterocycles. The smallest absolute Gasteiger partial charge is 0.407 e. The second-order valence-corrected chi connectivity index (χ2v) is 10.8. The van der Waals surface area contributed by atoms with Gasteiger partial charge in [-0.25, -0.2) is 9.18 Å². The molecular formula is C28H37FN4O2. The Bertz CT molecular complexity index is 993. The van der Waals surface area contributed by atoms with E-state index < -0.39 is 0 Å². The number of rotatable bonds is 6. The van der Waals surface area contributed by atoms with Crippen LogP contribution in [0.4, 0.5) is 20.6 Å². The summed E-state index contributed by atoms with van der Waals surface area (Å²) >= 11 is 0. The number of nitrogens with one attached hydrogen (secondary N) is 1. The van der Waals surface area contributed by atoms with Gasteiger partial charge in [0.05, 0.1) is 5.69 Å². The molecule has 3 N–H and O–H groups in total. The fraction of sp³-hybridized carbons (Fsp3) is 0.536. The summed E-state index contributed by atoms with van der Waals surface area (Å²) in [6.07, 6.45) is 6.43. The van der Waals surface area contributed by atoms with E-state index in [2.05, 4.69) is 15.1 Å². The highest BCUT2D eigenvalue weighted by Gasteiger charge is 2.46. The number of nitrogens with zero attached hydrogens (tertiary/aromatic N) is 2. The highest BCUT2D eigenvalue weighted by molar-refractivity contribution is 5.67. The first-order valence-corrected chi connectivity index (χ1v) is 13.0. The van der Waals surface area contributed by atoms with Crippen molar-refractivity contribution in [2.24, 2.45) is 11.3 Å². The average Bonchev–Trinajstić information content (AvgIpc) is 2.84. The maximum absolute atomic E-state index is 14.3. The van der Waals surface area contributed by atoms with E-state index in [1.807, 2.05) is 30.3 Å². The fourth-order valence-electron chi connectivity index (χ4n) is 6.14. The van der Waals surface area contributed by atoms with Crippen LogP contribution in [0, 0.1) is 17.2 Å². The van der Waals surface area contributed by atoms with Crippen molar-refractivity contribution in [3.8, 4) is 0 Å². The third kappa shape index (κ3) is 5.89. The van der Waals surface area contributed by atoms with Crippen molar-refractivity contribution in [2.45, 2.75) is 51.2 Å². The van der Waals surface area contributed by atoms with Gasteiger partial charge in [0.15, 0.2) is 0 Å². The number of nitrogens with two attached hydrogens (primary N) is 1. The summed E-state index contributed by atoms with van der Waals surface area (Å²) in [5.41, 5.74) is 8.23. The van der Waals surface area contributed by atoms with Crippen LogP contribution >= 0.6 is 0 Å². The topological polar surface area (TPSA) is 70.8 Å². The van der Waals surface area contributed by atoms with E-state index in [4.69, 9.17) is 10.5 Å². The van der Waals surface area contributed by atoms with Gasteiger partial charge in [-0.3, -0.25) is 0 Å². The van der Waals surface area contributed by atoms with Gasteiger partial charge in [0.25, 0.3) is 0 Å². The van der Waals surface area contributed by atoms with Crippen LogP contribution in [0.2, 0.25) is 0 Å². The Kier molecular flexibility index (Phi) is 7.14. The van der Waals surface area contributed by atoms with Gasteiger partial charge in [-0.05, 0) is 86.7 Å². The first-order chi connectivity index (χ1) is 17.0. The van der Waals surface area contributed by atoms with Crippen LogP contribution < -0.4 is 16.0 Å². The molecule has 7 heteroatoms.